The van der Waals surface area contributed by atoms with Gasteiger partial charge in [-0.2, -0.15) is 0 Å². The van der Waals surface area contributed by atoms with Crippen LogP contribution in [0.25, 0.3) is 0 Å². The molecule has 1 aliphatic heterocycles. The van der Waals surface area contributed by atoms with Crippen molar-refractivity contribution in [3.63, 3.8) is 0 Å². The quantitative estimate of drug-likeness (QED) is 0.177. The summed E-state index contributed by atoms with van der Waals surface area (Å²) in [5, 5.41) is 0. The van der Waals surface area contributed by atoms with Crippen LogP contribution < -0.4 is 0 Å². The van der Waals surface area contributed by atoms with Crippen molar-refractivity contribution in [2.45, 2.75) is 162 Å². The lowest BCUT2D eigenvalue weighted by Crippen LogP contribution is -2.41. The van der Waals surface area contributed by atoms with Crippen molar-refractivity contribution in [2.75, 3.05) is 13.1 Å². The van der Waals surface area contributed by atoms with Crippen molar-refractivity contribution in [3.05, 3.63) is 0 Å². The molecule has 1 heteroatoms. The molecule has 0 aromatic rings. The molecule has 1 aliphatic rings. The Balaban J connectivity index is 2.27. The Hall–Kier alpha value is -0.0400. The van der Waals surface area contributed by atoms with Gasteiger partial charge in [0.15, 0.2) is 0 Å². The topological polar surface area (TPSA) is 3.24 Å². The number of nitrogens with zero attached hydrogens (tertiary/aromatic N) is 1. The van der Waals surface area contributed by atoms with E-state index < -0.39 is 0 Å². The van der Waals surface area contributed by atoms with Crippen LogP contribution in [0.5, 0.6) is 0 Å². The molecule has 0 aromatic carbocycles. The van der Waals surface area contributed by atoms with E-state index in [1.807, 2.05) is 0 Å². The molecule has 0 bridgehead atoms. The van der Waals surface area contributed by atoms with Crippen LogP contribution in [0.1, 0.15) is 156 Å². The van der Waals surface area contributed by atoms with Gasteiger partial charge in [-0.15, -0.1) is 0 Å². The molecule has 180 valence electrons. The van der Waals surface area contributed by atoms with E-state index in [2.05, 4.69) is 32.6 Å². The summed E-state index contributed by atoms with van der Waals surface area (Å²) in [5.41, 5.74) is 0. The molecule has 0 aromatic heterocycles. The molecule has 1 saturated heterocycles. The minimum Gasteiger partial charge on any atom is -0.300 e. The predicted molar refractivity (Wildman–Crippen MR) is 137 cm³/mol. The number of rotatable bonds is 20. The van der Waals surface area contributed by atoms with Gasteiger partial charge in [-0.1, -0.05) is 130 Å². The molecular weight excluding hydrogens is 362 g/mol. The van der Waals surface area contributed by atoms with Crippen molar-refractivity contribution in [2.24, 2.45) is 11.8 Å². The first-order chi connectivity index (χ1) is 14.7. The van der Waals surface area contributed by atoms with Crippen molar-refractivity contribution in [3.8, 4) is 0 Å². The van der Waals surface area contributed by atoms with E-state index in [4.69, 9.17) is 0 Å². The fraction of sp³-hybridized carbons (Fsp3) is 1.00. The first-order valence-electron chi connectivity index (χ1n) is 14.5. The van der Waals surface area contributed by atoms with Gasteiger partial charge in [0.05, 0.1) is 0 Å². The second-order valence-electron chi connectivity index (χ2n) is 10.6. The molecular formula is C29H59N. The first kappa shape index (κ1) is 28.0. The van der Waals surface area contributed by atoms with Crippen molar-refractivity contribution in [1.29, 1.82) is 0 Å². The van der Waals surface area contributed by atoms with Crippen LogP contribution >= 0.6 is 0 Å². The molecule has 0 radical (unpaired) electrons. The number of likely N-dealkylation sites (tertiary alicyclic amines) is 1. The Bertz CT molecular complexity index is 344. The summed E-state index contributed by atoms with van der Waals surface area (Å²) in [7, 11) is 0. The summed E-state index contributed by atoms with van der Waals surface area (Å²) < 4.78 is 0. The van der Waals surface area contributed by atoms with Crippen LogP contribution in [-0.2, 0) is 0 Å². The SMILES string of the molecule is CCCCCCCC(CCCC)N1CCC(CCCC(CCC)CCCCC)CC1. The maximum Gasteiger partial charge on any atom is 0.00952 e. The average molecular weight is 422 g/mol. The Labute approximate surface area is 192 Å². The van der Waals surface area contributed by atoms with Crippen LogP contribution in [0.15, 0.2) is 0 Å². The number of hydrogen-bond donors (Lipinski definition) is 0. The lowest BCUT2D eigenvalue weighted by Gasteiger charge is -2.38. The Morgan fingerprint density at radius 1 is 0.567 bits per heavy atom. The van der Waals surface area contributed by atoms with Gasteiger partial charge in [-0.05, 0) is 50.6 Å². The molecule has 0 saturated carbocycles. The monoisotopic (exact) mass is 421 g/mol. The van der Waals surface area contributed by atoms with Gasteiger partial charge in [0, 0.05) is 6.04 Å². The largest absolute Gasteiger partial charge is 0.300 e. The van der Waals surface area contributed by atoms with Crippen LogP contribution in [0, 0.1) is 11.8 Å². The van der Waals surface area contributed by atoms with Crippen LogP contribution in [0.2, 0.25) is 0 Å². The predicted octanol–water partition coefficient (Wildman–Crippen LogP) is 9.78. The molecule has 1 fully saturated rings. The first-order valence-corrected chi connectivity index (χ1v) is 14.5. The molecule has 1 nitrogen and oxygen atoms in total. The van der Waals surface area contributed by atoms with Gasteiger partial charge in [0.25, 0.3) is 0 Å². The van der Waals surface area contributed by atoms with E-state index in [1.54, 1.807) is 0 Å². The second-order valence-corrected chi connectivity index (χ2v) is 10.6. The van der Waals surface area contributed by atoms with Crippen LogP contribution in [0.3, 0.4) is 0 Å². The molecule has 1 rings (SSSR count). The number of piperidine rings is 1. The molecule has 0 N–H and O–H groups in total. The normalized spacial score (nSPS) is 18.0. The van der Waals surface area contributed by atoms with Crippen LogP contribution in [-0.4, -0.2) is 24.0 Å². The summed E-state index contributed by atoms with van der Waals surface area (Å²) in [6.07, 6.45) is 29.0. The minimum atomic E-state index is 0.889. The number of unbranched alkanes of at least 4 members (excludes halogenated alkanes) is 7. The highest BCUT2D eigenvalue weighted by Crippen LogP contribution is 2.29. The molecule has 1 heterocycles. The summed E-state index contributed by atoms with van der Waals surface area (Å²) in [5.74, 6) is 2.04. The van der Waals surface area contributed by atoms with E-state index in [-0.39, 0.29) is 0 Å². The molecule has 30 heavy (non-hydrogen) atoms. The minimum absolute atomic E-state index is 0.889. The van der Waals surface area contributed by atoms with Crippen LogP contribution in [0.4, 0.5) is 0 Å². The fourth-order valence-electron chi connectivity index (χ4n) is 5.76. The number of hydrogen-bond acceptors (Lipinski definition) is 1. The lowest BCUT2D eigenvalue weighted by molar-refractivity contribution is 0.112. The standard InChI is InChI=1S/C29H59N/c1-5-9-12-13-15-22-29(21-11-7-3)30-25-23-28(24-26-30)20-16-19-27(17-8-4)18-14-10-6-2/h27-29H,5-26H2,1-4H3. The van der Waals surface area contributed by atoms with Crippen molar-refractivity contribution in [1.82, 2.24) is 4.90 Å². The third kappa shape index (κ3) is 13.4. The van der Waals surface area contributed by atoms with Gasteiger partial charge in [-0.3, -0.25) is 0 Å². The summed E-state index contributed by atoms with van der Waals surface area (Å²) in [6, 6.07) is 0.889. The lowest BCUT2D eigenvalue weighted by atomic mass is 9.86. The fourth-order valence-corrected chi connectivity index (χ4v) is 5.76. The van der Waals surface area contributed by atoms with Gasteiger partial charge >= 0.3 is 0 Å². The summed E-state index contributed by atoms with van der Waals surface area (Å²) in [4.78, 5) is 2.90. The summed E-state index contributed by atoms with van der Waals surface area (Å²) >= 11 is 0. The Morgan fingerprint density at radius 2 is 1.13 bits per heavy atom. The van der Waals surface area contributed by atoms with Crippen molar-refractivity contribution < 1.29 is 0 Å². The Morgan fingerprint density at radius 3 is 1.80 bits per heavy atom. The second kappa shape index (κ2) is 19.6. The third-order valence-corrected chi connectivity index (χ3v) is 7.83. The maximum absolute atomic E-state index is 2.90. The highest BCUT2D eigenvalue weighted by Gasteiger charge is 2.24. The van der Waals surface area contributed by atoms with E-state index in [0.29, 0.717) is 0 Å². The third-order valence-electron chi connectivity index (χ3n) is 7.83. The average Bonchev–Trinajstić information content (AvgIpc) is 2.76. The van der Waals surface area contributed by atoms with Gasteiger partial charge in [0.1, 0.15) is 0 Å². The van der Waals surface area contributed by atoms with E-state index in [0.717, 1.165) is 17.9 Å². The van der Waals surface area contributed by atoms with Gasteiger partial charge in [0.2, 0.25) is 0 Å². The highest BCUT2D eigenvalue weighted by atomic mass is 15.2. The highest BCUT2D eigenvalue weighted by molar-refractivity contribution is 4.79. The smallest absolute Gasteiger partial charge is 0.00952 e. The maximum atomic E-state index is 2.90. The molecule has 0 aliphatic carbocycles. The van der Waals surface area contributed by atoms with Gasteiger partial charge < -0.3 is 4.90 Å². The Kier molecular flexibility index (Phi) is 18.3. The molecule has 2 atom stereocenters. The van der Waals surface area contributed by atoms with E-state index >= 15 is 0 Å². The van der Waals surface area contributed by atoms with E-state index in [1.165, 1.54) is 142 Å². The van der Waals surface area contributed by atoms with Crippen molar-refractivity contribution >= 4 is 0 Å². The molecule has 0 amide bonds. The summed E-state index contributed by atoms with van der Waals surface area (Å²) in [6.45, 7) is 12.2. The molecule has 0 spiro atoms. The zero-order valence-corrected chi connectivity index (χ0v) is 21.7. The van der Waals surface area contributed by atoms with Gasteiger partial charge in [-0.25, -0.2) is 0 Å². The van der Waals surface area contributed by atoms with E-state index in [9.17, 15) is 0 Å². The zero-order chi connectivity index (χ0) is 21.9. The zero-order valence-electron chi connectivity index (χ0n) is 21.7. The molecule has 2 unspecified atom stereocenters.